The van der Waals surface area contributed by atoms with Crippen molar-refractivity contribution in [2.75, 3.05) is 23.9 Å². The van der Waals surface area contributed by atoms with E-state index in [0.717, 1.165) is 6.54 Å². The second-order valence-electron chi connectivity index (χ2n) is 3.23. The van der Waals surface area contributed by atoms with Crippen LogP contribution in [0.3, 0.4) is 0 Å². The maximum absolute atomic E-state index is 3.46. The molecule has 1 aromatic carbocycles. The maximum Gasteiger partial charge on any atom is 0.0370 e. The van der Waals surface area contributed by atoms with Gasteiger partial charge in [-0.3, -0.25) is 0 Å². The van der Waals surface area contributed by atoms with Gasteiger partial charge in [0.2, 0.25) is 0 Å². The van der Waals surface area contributed by atoms with Crippen LogP contribution < -0.4 is 5.32 Å². The van der Waals surface area contributed by atoms with E-state index in [1.807, 2.05) is 11.8 Å². The van der Waals surface area contributed by atoms with Crippen LogP contribution in [0.5, 0.6) is 0 Å². The van der Waals surface area contributed by atoms with Crippen LogP contribution in [0.15, 0.2) is 18.2 Å². The molecule has 1 N–H and O–H groups in total. The molecule has 0 spiro atoms. The lowest BCUT2D eigenvalue weighted by atomic mass is 10.2. The Morgan fingerprint density at radius 3 is 2.86 bits per heavy atom. The molecule has 0 aromatic heterocycles. The van der Waals surface area contributed by atoms with Crippen molar-refractivity contribution < 1.29 is 0 Å². The van der Waals surface area contributed by atoms with Crippen LogP contribution in [0.25, 0.3) is 0 Å². The first kappa shape index (κ1) is 12.2. The number of hydrogen-bond acceptors (Lipinski definition) is 2. The highest BCUT2D eigenvalue weighted by Gasteiger charge is 1.97. The van der Waals surface area contributed by atoms with Gasteiger partial charge in [0.25, 0.3) is 0 Å². The Labute approximate surface area is 104 Å². The highest BCUT2D eigenvalue weighted by Crippen LogP contribution is 2.17. The second kappa shape index (κ2) is 6.56. The van der Waals surface area contributed by atoms with E-state index < -0.39 is 0 Å². The lowest BCUT2D eigenvalue weighted by Crippen LogP contribution is -2.03. The maximum atomic E-state index is 3.46. The fourth-order valence-electron chi connectivity index (χ4n) is 1.26. The zero-order chi connectivity index (χ0) is 10.4. The molecule has 1 aromatic rings. The van der Waals surface area contributed by atoms with E-state index in [2.05, 4.69) is 59.3 Å². The third-order valence-corrected chi connectivity index (χ3v) is 3.40. The smallest absolute Gasteiger partial charge is 0.0370 e. The molecule has 1 nitrogen and oxygen atoms in total. The average Bonchev–Trinajstić information content (AvgIpc) is 2.15. The van der Waals surface area contributed by atoms with Crippen molar-refractivity contribution in [3.8, 4) is 0 Å². The van der Waals surface area contributed by atoms with Gasteiger partial charge in [0.1, 0.15) is 0 Å². The topological polar surface area (TPSA) is 12.0 Å². The highest BCUT2D eigenvalue weighted by molar-refractivity contribution is 14.1. The van der Waals surface area contributed by atoms with Crippen LogP contribution in [-0.4, -0.2) is 18.6 Å². The molecular weight excluding hydrogens is 305 g/mol. The van der Waals surface area contributed by atoms with E-state index in [-0.39, 0.29) is 0 Å². The van der Waals surface area contributed by atoms with Crippen LogP contribution in [0, 0.1) is 10.5 Å². The molecule has 14 heavy (non-hydrogen) atoms. The molecule has 0 atom stereocenters. The standard InChI is InChI=1S/C11H16INS/c1-9-8-10(12)4-5-11(9)13-6-3-7-14-2/h4-5,8,13H,3,6-7H2,1-2H3. The molecule has 0 saturated carbocycles. The molecule has 0 aliphatic heterocycles. The summed E-state index contributed by atoms with van der Waals surface area (Å²) in [6.07, 6.45) is 3.38. The first-order valence-electron chi connectivity index (χ1n) is 4.73. The van der Waals surface area contributed by atoms with Gasteiger partial charge < -0.3 is 5.32 Å². The van der Waals surface area contributed by atoms with Gasteiger partial charge in [0.05, 0.1) is 0 Å². The zero-order valence-electron chi connectivity index (χ0n) is 8.64. The van der Waals surface area contributed by atoms with Crippen LogP contribution in [0.1, 0.15) is 12.0 Å². The van der Waals surface area contributed by atoms with Gasteiger partial charge in [-0.1, -0.05) is 0 Å². The van der Waals surface area contributed by atoms with Gasteiger partial charge in [0, 0.05) is 15.8 Å². The molecule has 3 heteroatoms. The van der Waals surface area contributed by atoms with Crippen molar-refractivity contribution in [3.05, 3.63) is 27.3 Å². The molecule has 0 aliphatic carbocycles. The lowest BCUT2D eigenvalue weighted by Gasteiger charge is -2.09. The van der Waals surface area contributed by atoms with Crippen molar-refractivity contribution in [2.45, 2.75) is 13.3 Å². The molecule has 0 fully saturated rings. The van der Waals surface area contributed by atoms with Crippen LogP contribution in [0.4, 0.5) is 5.69 Å². The summed E-state index contributed by atoms with van der Waals surface area (Å²) in [5.41, 5.74) is 2.60. The van der Waals surface area contributed by atoms with Gasteiger partial charge in [-0.25, -0.2) is 0 Å². The fourth-order valence-corrected chi connectivity index (χ4v) is 2.34. The minimum Gasteiger partial charge on any atom is -0.385 e. The van der Waals surface area contributed by atoms with E-state index in [9.17, 15) is 0 Å². The Morgan fingerprint density at radius 2 is 2.21 bits per heavy atom. The molecule has 0 aliphatic rings. The number of halogens is 1. The van der Waals surface area contributed by atoms with E-state index in [1.54, 1.807) is 0 Å². The molecule has 0 unspecified atom stereocenters. The monoisotopic (exact) mass is 321 g/mol. The van der Waals surface area contributed by atoms with Crippen molar-refractivity contribution in [1.29, 1.82) is 0 Å². The molecule has 1 rings (SSSR count). The second-order valence-corrected chi connectivity index (χ2v) is 5.46. The van der Waals surface area contributed by atoms with Crippen molar-refractivity contribution in [1.82, 2.24) is 0 Å². The Morgan fingerprint density at radius 1 is 1.43 bits per heavy atom. The quantitative estimate of drug-likeness (QED) is 0.654. The average molecular weight is 321 g/mol. The predicted molar refractivity (Wildman–Crippen MR) is 75.4 cm³/mol. The normalized spacial score (nSPS) is 10.2. The number of anilines is 1. The number of nitrogens with one attached hydrogen (secondary N) is 1. The summed E-state index contributed by atoms with van der Waals surface area (Å²) in [5.74, 6) is 1.23. The fraction of sp³-hybridized carbons (Fsp3) is 0.455. The Hall–Kier alpha value is 0.1000. The van der Waals surface area contributed by atoms with Gasteiger partial charge in [-0.2, -0.15) is 11.8 Å². The summed E-state index contributed by atoms with van der Waals surface area (Å²) >= 11 is 4.24. The minimum absolute atomic E-state index is 1.07. The largest absolute Gasteiger partial charge is 0.385 e. The molecule has 0 heterocycles. The third kappa shape index (κ3) is 4.09. The van der Waals surface area contributed by atoms with E-state index in [4.69, 9.17) is 0 Å². The number of aryl methyl sites for hydroxylation is 1. The predicted octanol–water partition coefficient (Wildman–Crippen LogP) is 3.76. The Kier molecular flexibility index (Phi) is 5.70. The van der Waals surface area contributed by atoms with Crippen molar-refractivity contribution in [3.63, 3.8) is 0 Å². The van der Waals surface area contributed by atoms with Gasteiger partial charge >= 0.3 is 0 Å². The third-order valence-electron chi connectivity index (χ3n) is 2.03. The summed E-state index contributed by atoms with van der Waals surface area (Å²) in [5, 5.41) is 3.46. The zero-order valence-corrected chi connectivity index (χ0v) is 11.6. The number of benzene rings is 1. The summed E-state index contributed by atoms with van der Waals surface area (Å²) < 4.78 is 1.30. The number of rotatable bonds is 5. The molecule has 78 valence electrons. The van der Waals surface area contributed by atoms with Gasteiger partial charge in [0.15, 0.2) is 0 Å². The Bertz CT molecular complexity index is 289. The molecule has 0 bridgehead atoms. The van der Waals surface area contributed by atoms with Crippen LogP contribution >= 0.6 is 34.4 Å². The Balaban J connectivity index is 2.42. The van der Waals surface area contributed by atoms with E-state index >= 15 is 0 Å². The minimum atomic E-state index is 1.07. The van der Waals surface area contributed by atoms with Crippen LogP contribution in [0.2, 0.25) is 0 Å². The summed E-state index contributed by atoms with van der Waals surface area (Å²) in [7, 11) is 0. The molecular formula is C11H16INS. The summed E-state index contributed by atoms with van der Waals surface area (Å²) in [4.78, 5) is 0. The molecule has 0 saturated heterocycles. The molecule has 0 amide bonds. The van der Waals surface area contributed by atoms with Gasteiger partial charge in [-0.05, 0) is 71.7 Å². The van der Waals surface area contributed by atoms with Gasteiger partial charge in [-0.15, -0.1) is 0 Å². The number of hydrogen-bond donors (Lipinski definition) is 1. The van der Waals surface area contributed by atoms with Crippen LogP contribution in [-0.2, 0) is 0 Å². The summed E-state index contributed by atoms with van der Waals surface area (Å²) in [6, 6.07) is 6.51. The highest BCUT2D eigenvalue weighted by atomic mass is 127. The lowest BCUT2D eigenvalue weighted by molar-refractivity contribution is 0.991. The van der Waals surface area contributed by atoms with Crippen molar-refractivity contribution >= 4 is 40.0 Å². The van der Waals surface area contributed by atoms with E-state index in [0.29, 0.717) is 0 Å². The summed E-state index contributed by atoms with van der Waals surface area (Å²) in [6.45, 7) is 3.22. The molecule has 0 radical (unpaired) electrons. The first-order valence-corrected chi connectivity index (χ1v) is 7.20. The number of thioether (sulfide) groups is 1. The van der Waals surface area contributed by atoms with E-state index in [1.165, 1.54) is 27.0 Å². The first-order chi connectivity index (χ1) is 6.74. The van der Waals surface area contributed by atoms with Crippen molar-refractivity contribution in [2.24, 2.45) is 0 Å². The SMILES string of the molecule is CSCCCNc1ccc(I)cc1C.